The molecule has 0 aromatic heterocycles. The van der Waals surface area contributed by atoms with Gasteiger partial charge in [-0.25, -0.2) is 0 Å². The molecule has 0 bridgehead atoms. The maximum absolute atomic E-state index is 11.5. The molecule has 0 aliphatic heterocycles. The van der Waals surface area contributed by atoms with Crippen molar-refractivity contribution >= 4 is 10.1 Å². The number of hydrogen-bond donors (Lipinski definition) is 0. The van der Waals surface area contributed by atoms with Crippen LogP contribution in [0.5, 0.6) is 5.75 Å². The van der Waals surface area contributed by atoms with Gasteiger partial charge in [0.25, 0.3) is 0 Å². The third kappa shape index (κ3) is 3.13. The summed E-state index contributed by atoms with van der Waals surface area (Å²) in [5.74, 6) is 0.860. The van der Waals surface area contributed by atoms with Crippen molar-refractivity contribution < 1.29 is 12.6 Å². The monoisotopic (exact) mass is 266 g/mol. The first kappa shape index (κ1) is 13.1. The van der Waals surface area contributed by atoms with Crippen molar-refractivity contribution in [3.63, 3.8) is 0 Å². The molecule has 0 amide bonds. The van der Waals surface area contributed by atoms with Crippen LogP contribution in [0.2, 0.25) is 0 Å². The minimum absolute atomic E-state index is 0.412. The van der Waals surface area contributed by atoms with Crippen LogP contribution in [0.3, 0.4) is 0 Å². The van der Waals surface area contributed by atoms with Gasteiger partial charge in [0.15, 0.2) is 0 Å². The Kier molecular flexibility index (Phi) is 4.07. The van der Waals surface area contributed by atoms with Crippen LogP contribution < -0.4 is 4.18 Å². The van der Waals surface area contributed by atoms with E-state index in [0.29, 0.717) is 11.7 Å². The lowest BCUT2D eigenvalue weighted by atomic mass is 9.84. The second kappa shape index (κ2) is 5.57. The Morgan fingerprint density at radius 2 is 1.83 bits per heavy atom. The highest BCUT2D eigenvalue weighted by Crippen LogP contribution is 2.37. The summed E-state index contributed by atoms with van der Waals surface area (Å²) in [7, 11) is -3.67. The molecule has 0 saturated heterocycles. The van der Waals surface area contributed by atoms with E-state index in [9.17, 15) is 8.42 Å². The number of benzene rings is 1. The van der Waals surface area contributed by atoms with E-state index in [1.54, 1.807) is 12.1 Å². The van der Waals surface area contributed by atoms with E-state index in [1.807, 2.05) is 12.1 Å². The summed E-state index contributed by atoms with van der Waals surface area (Å²) < 4.78 is 28.0. The summed E-state index contributed by atoms with van der Waals surface area (Å²) in [6.45, 7) is 3.26. The fourth-order valence-electron chi connectivity index (χ4n) is 2.47. The predicted molar refractivity (Wildman–Crippen MR) is 72.0 cm³/mol. The molecule has 1 aliphatic carbocycles. The van der Waals surface area contributed by atoms with Crippen LogP contribution in [-0.2, 0) is 10.1 Å². The van der Waals surface area contributed by atoms with E-state index in [4.69, 9.17) is 4.18 Å². The summed E-state index contributed by atoms with van der Waals surface area (Å²) >= 11 is 0. The van der Waals surface area contributed by atoms with Crippen molar-refractivity contribution in [2.75, 3.05) is 0 Å². The molecule has 18 heavy (non-hydrogen) atoms. The summed E-state index contributed by atoms with van der Waals surface area (Å²) in [5, 5.41) is 0.838. The Morgan fingerprint density at radius 1 is 1.17 bits per heavy atom. The summed E-state index contributed by atoms with van der Waals surface area (Å²) in [4.78, 5) is 0. The van der Waals surface area contributed by atoms with Crippen LogP contribution in [-0.4, -0.2) is 8.42 Å². The van der Waals surface area contributed by atoms with Gasteiger partial charge in [-0.1, -0.05) is 44.0 Å². The second-order valence-corrected chi connectivity index (χ2v) is 6.10. The molecule has 0 unspecified atom stereocenters. The van der Waals surface area contributed by atoms with Crippen LogP contribution >= 0.6 is 0 Å². The predicted octanol–water partition coefficient (Wildman–Crippen LogP) is 3.59. The van der Waals surface area contributed by atoms with Crippen LogP contribution in [0, 0.1) is 0 Å². The molecule has 2 rings (SSSR count). The highest BCUT2D eigenvalue weighted by Gasteiger charge is 2.20. The first-order valence-corrected chi connectivity index (χ1v) is 7.75. The van der Waals surface area contributed by atoms with Crippen molar-refractivity contribution in [3.8, 4) is 5.75 Å². The van der Waals surface area contributed by atoms with Crippen LogP contribution in [0.1, 0.15) is 43.6 Å². The molecule has 3 nitrogen and oxygen atoms in total. The molecule has 98 valence electrons. The molecule has 4 heteroatoms. The molecule has 1 aromatic carbocycles. The quantitative estimate of drug-likeness (QED) is 0.782. The lowest BCUT2D eigenvalue weighted by Crippen LogP contribution is -2.10. The van der Waals surface area contributed by atoms with Crippen LogP contribution in [0.4, 0.5) is 0 Å². The average molecular weight is 266 g/mol. The first-order chi connectivity index (χ1) is 8.62. The van der Waals surface area contributed by atoms with E-state index >= 15 is 0 Å². The standard InChI is InChI=1S/C14H18O3S/c1-2-18(15,16)17-14-11-7-6-10-13(14)12-8-4-3-5-9-12/h2,6-7,10-12H,1,3-5,8-9H2. The molecule has 0 spiro atoms. The van der Waals surface area contributed by atoms with Gasteiger partial charge in [-0.3, -0.25) is 0 Å². The van der Waals surface area contributed by atoms with Crippen LogP contribution in [0.25, 0.3) is 0 Å². The van der Waals surface area contributed by atoms with Crippen molar-refractivity contribution in [3.05, 3.63) is 41.8 Å². The minimum atomic E-state index is -3.67. The van der Waals surface area contributed by atoms with Gasteiger partial charge in [0.05, 0.1) is 5.41 Å². The molecule has 0 radical (unpaired) electrons. The third-order valence-corrected chi connectivity index (χ3v) is 4.19. The normalized spacial score (nSPS) is 17.3. The average Bonchev–Trinajstić information content (AvgIpc) is 2.40. The Bertz CT molecular complexity index is 514. The fraction of sp³-hybridized carbons (Fsp3) is 0.429. The lowest BCUT2D eigenvalue weighted by molar-refractivity contribution is 0.430. The highest BCUT2D eigenvalue weighted by atomic mass is 32.2. The molecular weight excluding hydrogens is 248 g/mol. The number of para-hydroxylation sites is 1. The molecule has 1 aromatic rings. The van der Waals surface area contributed by atoms with Gasteiger partial charge >= 0.3 is 10.1 Å². The molecule has 1 aliphatic rings. The Balaban J connectivity index is 2.27. The minimum Gasteiger partial charge on any atom is -0.379 e. The summed E-state index contributed by atoms with van der Waals surface area (Å²) in [6, 6.07) is 7.40. The van der Waals surface area contributed by atoms with Gasteiger partial charge in [-0.15, -0.1) is 0 Å². The Hall–Kier alpha value is -1.29. The smallest absolute Gasteiger partial charge is 0.331 e. The van der Waals surface area contributed by atoms with Crippen molar-refractivity contribution in [2.24, 2.45) is 0 Å². The second-order valence-electron chi connectivity index (χ2n) is 4.62. The highest BCUT2D eigenvalue weighted by molar-refractivity contribution is 7.90. The van der Waals surface area contributed by atoms with Crippen molar-refractivity contribution in [1.82, 2.24) is 0 Å². The number of hydrogen-bond acceptors (Lipinski definition) is 3. The largest absolute Gasteiger partial charge is 0.379 e. The van der Waals surface area contributed by atoms with Gasteiger partial charge in [0, 0.05) is 0 Å². The van der Waals surface area contributed by atoms with E-state index in [-0.39, 0.29) is 0 Å². The maximum Gasteiger partial charge on any atom is 0.331 e. The third-order valence-electron chi connectivity index (χ3n) is 3.37. The zero-order valence-electron chi connectivity index (χ0n) is 10.3. The number of rotatable bonds is 4. The summed E-state index contributed by atoms with van der Waals surface area (Å²) in [5.41, 5.74) is 1.00. The molecule has 0 heterocycles. The topological polar surface area (TPSA) is 43.4 Å². The Labute approximate surface area is 109 Å². The zero-order chi connectivity index (χ0) is 13.0. The van der Waals surface area contributed by atoms with Crippen LogP contribution in [0.15, 0.2) is 36.3 Å². The van der Waals surface area contributed by atoms with E-state index in [1.165, 1.54) is 19.3 Å². The molecule has 1 saturated carbocycles. The SMILES string of the molecule is C=CS(=O)(=O)Oc1ccccc1C1CCCCC1. The first-order valence-electron chi connectivity index (χ1n) is 6.28. The zero-order valence-corrected chi connectivity index (χ0v) is 11.2. The van der Waals surface area contributed by atoms with Gasteiger partial charge in [0.1, 0.15) is 5.75 Å². The van der Waals surface area contributed by atoms with E-state index < -0.39 is 10.1 Å². The van der Waals surface area contributed by atoms with Gasteiger partial charge in [-0.2, -0.15) is 8.42 Å². The summed E-state index contributed by atoms with van der Waals surface area (Å²) in [6.07, 6.45) is 5.88. The van der Waals surface area contributed by atoms with Crippen molar-refractivity contribution in [2.45, 2.75) is 38.0 Å². The van der Waals surface area contributed by atoms with Gasteiger partial charge in [0.2, 0.25) is 0 Å². The molecular formula is C14H18O3S. The van der Waals surface area contributed by atoms with Crippen molar-refractivity contribution in [1.29, 1.82) is 0 Å². The molecule has 1 fully saturated rings. The van der Waals surface area contributed by atoms with E-state index in [0.717, 1.165) is 23.8 Å². The fourth-order valence-corrected chi connectivity index (χ4v) is 2.94. The van der Waals surface area contributed by atoms with Gasteiger partial charge in [-0.05, 0) is 30.4 Å². The van der Waals surface area contributed by atoms with Gasteiger partial charge < -0.3 is 4.18 Å². The lowest BCUT2D eigenvalue weighted by Gasteiger charge is -2.23. The van der Waals surface area contributed by atoms with E-state index in [2.05, 4.69) is 6.58 Å². The maximum atomic E-state index is 11.5. The molecule has 0 atom stereocenters. The Morgan fingerprint density at radius 3 is 2.50 bits per heavy atom. The molecule has 0 N–H and O–H groups in total.